The van der Waals surface area contributed by atoms with Crippen LogP contribution < -0.4 is 5.73 Å². The number of hydrogen-bond donors (Lipinski definition) is 1. The van der Waals surface area contributed by atoms with Gasteiger partial charge in [0.15, 0.2) is 0 Å². The maximum Gasteiger partial charge on any atom is 0.137 e. The van der Waals surface area contributed by atoms with Gasteiger partial charge in [0, 0.05) is 24.5 Å². The summed E-state index contributed by atoms with van der Waals surface area (Å²) in [7, 11) is 0. The highest BCUT2D eigenvalue weighted by Gasteiger charge is 2.03. The number of imidazole rings is 1. The van der Waals surface area contributed by atoms with Gasteiger partial charge < -0.3 is 10.1 Å². The molecule has 0 aliphatic carbocycles. The zero-order valence-corrected chi connectivity index (χ0v) is 9.38. The van der Waals surface area contributed by atoms with Crippen LogP contribution in [0.2, 0.25) is 0 Å². The van der Waals surface area contributed by atoms with Gasteiger partial charge in [-0.15, -0.1) is 0 Å². The predicted octanol–water partition coefficient (Wildman–Crippen LogP) is 2.46. The van der Waals surface area contributed by atoms with Crippen LogP contribution >= 0.6 is 0 Å². The Hall–Kier alpha value is -2.13. The average molecular weight is 223 g/mol. The van der Waals surface area contributed by atoms with Crippen molar-refractivity contribution in [1.82, 2.24) is 9.38 Å². The highest BCUT2D eigenvalue weighted by Crippen LogP contribution is 2.18. The highest BCUT2D eigenvalue weighted by atomic mass is 15.0. The maximum atomic E-state index is 5.62. The average Bonchev–Trinajstić information content (AvgIpc) is 2.82. The van der Waals surface area contributed by atoms with E-state index < -0.39 is 0 Å². The Bertz CT molecular complexity index is 641. The molecule has 0 aliphatic heterocycles. The Morgan fingerprint density at radius 2 is 1.94 bits per heavy atom. The first-order chi connectivity index (χ1) is 8.36. The molecule has 0 atom stereocenters. The summed E-state index contributed by atoms with van der Waals surface area (Å²) in [5.74, 6) is 0. The monoisotopic (exact) mass is 223 g/mol. The molecular formula is C14H13N3. The summed E-state index contributed by atoms with van der Waals surface area (Å²) >= 11 is 0. The number of hydrogen-bond acceptors (Lipinski definition) is 2. The van der Waals surface area contributed by atoms with E-state index in [1.807, 2.05) is 47.1 Å². The molecule has 0 spiro atoms. The second-order valence-corrected chi connectivity index (χ2v) is 4.00. The van der Waals surface area contributed by atoms with Crippen LogP contribution in [0.1, 0.15) is 5.56 Å². The Labute approximate surface area is 99.5 Å². The number of nitrogens with zero attached hydrogens (tertiary/aromatic N) is 2. The van der Waals surface area contributed by atoms with Gasteiger partial charge in [-0.05, 0) is 17.7 Å². The molecule has 84 valence electrons. The Morgan fingerprint density at radius 3 is 2.71 bits per heavy atom. The first kappa shape index (κ1) is 10.1. The number of fused-ring (bicyclic) bond motifs is 1. The molecule has 2 heterocycles. The SMILES string of the molecule is NCc1ccn2cc(-c3ccccc3)nc2c1. The van der Waals surface area contributed by atoms with Crippen LogP contribution in [0, 0.1) is 0 Å². The molecular weight excluding hydrogens is 210 g/mol. The number of benzene rings is 1. The third-order valence-corrected chi connectivity index (χ3v) is 2.83. The lowest BCUT2D eigenvalue weighted by Crippen LogP contribution is -1.96. The van der Waals surface area contributed by atoms with E-state index >= 15 is 0 Å². The summed E-state index contributed by atoms with van der Waals surface area (Å²) in [6, 6.07) is 14.2. The number of rotatable bonds is 2. The number of pyridine rings is 1. The Morgan fingerprint density at radius 1 is 1.12 bits per heavy atom. The number of aromatic nitrogens is 2. The molecule has 0 bridgehead atoms. The molecule has 3 heteroatoms. The highest BCUT2D eigenvalue weighted by molar-refractivity contribution is 5.62. The van der Waals surface area contributed by atoms with E-state index in [9.17, 15) is 0 Å². The minimum atomic E-state index is 0.546. The fourth-order valence-corrected chi connectivity index (χ4v) is 1.90. The van der Waals surface area contributed by atoms with Crippen LogP contribution in [0.4, 0.5) is 0 Å². The van der Waals surface area contributed by atoms with Crippen LogP contribution in [0.3, 0.4) is 0 Å². The first-order valence-electron chi connectivity index (χ1n) is 5.60. The van der Waals surface area contributed by atoms with Crippen molar-refractivity contribution in [1.29, 1.82) is 0 Å². The maximum absolute atomic E-state index is 5.62. The van der Waals surface area contributed by atoms with E-state index in [4.69, 9.17) is 5.73 Å². The molecule has 2 N–H and O–H groups in total. The van der Waals surface area contributed by atoms with Crippen LogP contribution in [0.25, 0.3) is 16.9 Å². The number of nitrogens with two attached hydrogens (primary N) is 1. The van der Waals surface area contributed by atoms with Gasteiger partial charge in [-0.3, -0.25) is 0 Å². The zero-order chi connectivity index (χ0) is 11.7. The van der Waals surface area contributed by atoms with Crippen molar-refractivity contribution in [2.24, 2.45) is 5.73 Å². The summed E-state index contributed by atoms with van der Waals surface area (Å²) < 4.78 is 2.02. The quantitative estimate of drug-likeness (QED) is 0.725. The summed E-state index contributed by atoms with van der Waals surface area (Å²) in [5, 5.41) is 0. The standard InChI is InChI=1S/C14H13N3/c15-9-11-6-7-17-10-13(16-14(17)8-11)12-4-2-1-3-5-12/h1-8,10H,9,15H2. The van der Waals surface area contributed by atoms with Crippen molar-refractivity contribution >= 4 is 5.65 Å². The molecule has 0 unspecified atom stereocenters. The fraction of sp³-hybridized carbons (Fsp3) is 0.0714. The Kier molecular flexibility index (Phi) is 2.38. The molecule has 1 aromatic carbocycles. The zero-order valence-electron chi connectivity index (χ0n) is 9.38. The van der Waals surface area contributed by atoms with E-state index in [0.717, 1.165) is 22.5 Å². The van der Waals surface area contributed by atoms with Gasteiger partial charge in [-0.25, -0.2) is 4.98 Å². The van der Waals surface area contributed by atoms with Crippen molar-refractivity contribution in [3.8, 4) is 11.3 Å². The molecule has 3 aromatic rings. The molecule has 3 rings (SSSR count). The molecule has 0 amide bonds. The molecule has 0 aliphatic rings. The molecule has 3 nitrogen and oxygen atoms in total. The summed E-state index contributed by atoms with van der Waals surface area (Å²) in [6.45, 7) is 0.546. The normalized spacial score (nSPS) is 10.9. The van der Waals surface area contributed by atoms with E-state index in [0.29, 0.717) is 6.54 Å². The minimum Gasteiger partial charge on any atom is -0.326 e. The lowest BCUT2D eigenvalue weighted by Gasteiger charge is -1.96. The van der Waals surface area contributed by atoms with Crippen molar-refractivity contribution < 1.29 is 0 Å². The molecule has 0 radical (unpaired) electrons. The first-order valence-corrected chi connectivity index (χ1v) is 5.60. The summed E-state index contributed by atoms with van der Waals surface area (Å²) in [4.78, 5) is 4.60. The Balaban J connectivity index is 2.14. The lowest BCUT2D eigenvalue weighted by atomic mass is 10.2. The molecule has 0 fully saturated rings. The molecule has 17 heavy (non-hydrogen) atoms. The van der Waals surface area contributed by atoms with Gasteiger partial charge in [0.05, 0.1) is 5.69 Å². The van der Waals surface area contributed by atoms with Crippen LogP contribution in [-0.2, 0) is 6.54 Å². The van der Waals surface area contributed by atoms with Crippen molar-refractivity contribution in [3.63, 3.8) is 0 Å². The molecule has 0 saturated carbocycles. The van der Waals surface area contributed by atoms with Crippen LogP contribution in [0.5, 0.6) is 0 Å². The van der Waals surface area contributed by atoms with Crippen molar-refractivity contribution in [2.75, 3.05) is 0 Å². The van der Waals surface area contributed by atoms with E-state index in [2.05, 4.69) is 17.1 Å². The second-order valence-electron chi connectivity index (χ2n) is 4.00. The van der Waals surface area contributed by atoms with Gasteiger partial charge in [0.2, 0.25) is 0 Å². The summed E-state index contributed by atoms with van der Waals surface area (Å²) in [5.41, 5.74) is 9.77. The van der Waals surface area contributed by atoms with Gasteiger partial charge in [0.25, 0.3) is 0 Å². The van der Waals surface area contributed by atoms with Gasteiger partial charge >= 0.3 is 0 Å². The van der Waals surface area contributed by atoms with Crippen molar-refractivity contribution in [3.05, 3.63) is 60.4 Å². The lowest BCUT2D eigenvalue weighted by molar-refractivity contribution is 1.05. The third-order valence-electron chi connectivity index (χ3n) is 2.83. The molecule has 0 saturated heterocycles. The van der Waals surface area contributed by atoms with Crippen LogP contribution in [0.15, 0.2) is 54.9 Å². The van der Waals surface area contributed by atoms with Crippen LogP contribution in [-0.4, -0.2) is 9.38 Å². The fourth-order valence-electron chi connectivity index (χ4n) is 1.90. The van der Waals surface area contributed by atoms with E-state index in [1.54, 1.807) is 0 Å². The third kappa shape index (κ3) is 1.81. The largest absolute Gasteiger partial charge is 0.326 e. The van der Waals surface area contributed by atoms with Gasteiger partial charge in [-0.1, -0.05) is 30.3 Å². The summed E-state index contributed by atoms with van der Waals surface area (Å²) in [6.07, 6.45) is 4.03. The molecule has 2 aromatic heterocycles. The second kappa shape index (κ2) is 4.03. The topological polar surface area (TPSA) is 43.3 Å². The van der Waals surface area contributed by atoms with E-state index in [1.165, 1.54) is 0 Å². The van der Waals surface area contributed by atoms with E-state index in [-0.39, 0.29) is 0 Å². The van der Waals surface area contributed by atoms with Gasteiger partial charge in [0.1, 0.15) is 5.65 Å². The van der Waals surface area contributed by atoms with Gasteiger partial charge in [-0.2, -0.15) is 0 Å². The smallest absolute Gasteiger partial charge is 0.137 e. The predicted molar refractivity (Wildman–Crippen MR) is 68.5 cm³/mol. The minimum absolute atomic E-state index is 0.546. The van der Waals surface area contributed by atoms with Crippen molar-refractivity contribution in [2.45, 2.75) is 6.54 Å².